The number of methoxy groups -OCH3 is 1. The predicted octanol–water partition coefficient (Wildman–Crippen LogP) is 0.547. The summed E-state index contributed by atoms with van der Waals surface area (Å²) in [7, 11) is 1.53. The largest absolute Gasteiger partial charge is 0.375 e. The van der Waals surface area contributed by atoms with Crippen LogP contribution < -0.4 is 5.32 Å². The first-order chi connectivity index (χ1) is 5.06. The second kappa shape index (κ2) is 2.81. The van der Waals surface area contributed by atoms with E-state index in [0.717, 1.165) is 6.42 Å². The summed E-state index contributed by atoms with van der Waals surface area (Å²) >= 11 is 0. The molecule has 0 bridgehead atoms. The standard InChI is InChI=1S/C8H15NO2/c1-8(2)4-6(8)9-7(10)5-11-3/h6H,4-5H2,1-3H3,(H,9,10). The summed E-state index contributed by atoms with van der Waals surface area (Å²) in [6.45, 7) is 4.46. The van der Waals surface area contributed by atoms with Crippen LogP contribution >= 0.6 is 0 Å². The Morgan fingerprint density at radius 3 is 2.64 bits per heavy atom. The second-order valence-electron chi connectivity index (χ2n) is 3.75. The summed E-state index contributed by atoms with van der Waals surface area (Å²) in [5.41, 5.74) is 0.309. The summed E-state index contributed by atoms with van der Waals surface area (Å²) in [5, 5.41) is 2.88. The van der Waals surface area contributed by atoms with Gasteiger partial charge < -0.3 is 10.1 Å². The van der Waals surface area contributed by atoms with E-state index in [9.17, 15) is 4.79 Å². The van der Waals surface area contributed by atoms with E-state index in [2.05, 4.69) is 23.9 Å². The lowest BCUT2D eigenvalue weighted by Crippen LogP contribution is -2.31. The number of hydrogen-bond acceptors (Lipinski definition) is 2. The number of ether oxygens (including phenoxy) is 1. The number of hydrogen-bond donors (Lipinski definition) is 1. The van der Waals surface area contributed by atoms with Crippen molar-refractivity contribution in [3.8, 4) is 0 Å². The Bertz CT molecular complexity index is 165. The molecule has 1 rings (SSSR count). The predicted molar refractivity (Wildman–Crippen MR) is 42.2 cm³/mol. The molecule has 64 valence electrons. The molecule has 1 N–H and O–H groups in total. The summed E-state index contributed by atoms with van der Waals surface area (Å²) < 4.78 is 4.69. The smallest absolute Gasteiger partial charge is 0.246 e. The molecule has 1 aliphatic rings. The zero-order chi connectivity index (χ0) is 8.48. The lowest BCUT2D eigenvalue weighted by molar-refractivity contribution is -0.125. The number of carbonyl (C=O) groups excluding carboxylic acids is 1. The first-order valence-electron chi connectivity index (χ1n) is 3.84. The van der Waals surface area contributed by atoms with Gasteiger partial charge in [-0.25, -0.2) is 0 Å². The fourth-order valence-electron chi connectivity index (χ4n) is 1.08. The molecule has 11 heavy (non-hydrogen) atoms. The molecule has 0 spiro atoms. The van der Waals surface area contributed by atoms with Gasteiger partial charge in [0.1, 0.15) is 6.61 Å². The summed E-state index contributed by atoms with van der Waals surface area (Å²) in [6.07, 6.45) is 1.09. The normalized spacial score (nSPS) is 26.3. The van der Waals surface area contributed by atoms with Crippen molar-refractivity contribution >= 4 is 5.91 Å². The quantitative estimate of drug-likeness (QED) is 0.649. The molecule has 3 heteroatoms. The maximum absolute atomic E-state index is 10.9. The molecule has 3 nitrogen and oxygen atoms in total. The molecule has 1 fully saturated rings. The van der Waals surface area contributed by atoms with E-state index in [4.69, 9.17) is 0 Å². The van der Waals surface area contributed by atoms with Crippen molar-refractivity contribution in [1.29, 1.82) is 0 Å². The monoisotopic (exact) mass is 157 g/mol. The Balaban J connectivity index is 2.18. The molecule has 0 heterocycles. The molecule has 0 saturated heterocycles. The van der Waals surface area contributed by atoms with Crippen molar-refractivity contribution in [3.05, 3.63) is 0 Å². The minimum Gasteiger partial charge on any atom is -0.375 e. The molecule has 1 saturated carbocycles. The van der Waals surface area contributed by atoms with Crippen LogP contribution in [0.3, 0.4) is 0 Å². The Morgan fingerprint density at radius 1 is 1.73 bits per heavy atom. The highest BCUT2D eigenvalue weighted by Gasteiger charge is 2.46. The van der Waals surface area contributed by atoms with Crippen LogP contribution in [0, 0.1) is 5.41 Å². The third kappa shape index (κ3) is 2.19. The van der Waals surface area contributed by atoms with Gasteiger partial charge in [0.25, 0.3) is 0 Å². The molecular weight excluding hydrogens is 142 g/mol. The van der Waals surface area contributed by atoms with E-state index >= 15 is 0 Å². The van der Waals surface area contributed by atoms with Gasteiger partial charge in [0.05, 0.1) is 0 Å². The highest BCUT2D eigenvalue weighted by Crippen LogP contribution is 2.44. The Kier molecular flexibility index (Phi) is 2.18. The van der Waals surface area contributed by atoms with E-state index in [1.54, 1.807) is 0 Å². The van der Waals surface area contributed by atoms with Gasteiger partial charge in [0, 0.05) is 13.2 Å². The van der Waals surface area contributed by atoms with E-state index in [1.807, 2.05) is 0 Å². The van der Waals surface area contributed by atoms with Crippen LogP contribution in [0.5, 0.6) is 0 Å². The third-order valence-corrected chi connectivity index (χ3v) is 2.12. The van der Waals surface area contributed by atoms with Crippen LogP contribution in [-0.4, -0.2) is 25.7 Å². The number of carbonyl (C=O) groups is 1. The van der Waals surface area contributed by atoms with Gasteiger partial charge in [0.15, 0.2) is 0 Å². The van der Waals surface area contributed by atoms with Crippen molar-refractivity contribution in [1.82, 2.24) is 5.32 Å². The Hall–Kier alpha value is -0.570. The molecule has 1 unspecified atom stereocenters. The fourth-order valence-corrected chi connectivity index (χ4v) is 1.08. The highest BCUT2D eigenvalue weighted by atomic mass is 16.5. The lowest BCUT2D eigenvalue weighted by atomic mass is 10.2. The molecule has 1 aliphatic carbocycles. The van der Waals surface area contributed by atoms with Gasteiger partial charge in [-0.05, 0) is 11.8 Å². The first-order valence-corrected chi connectivity index (χ1v) is 3.84. The highest BCUT2D eigenvalue weighted by molar-refractivity contribution is 5.78. The Morgan fingerprint density at radius 2 is 2.27 bits per heavy atom. The van der Waals surface area contributed by atoms with Crippen LogP contribution in [0.2, 0.25) is 0 Å². The van der Waals surface area contributed by atoms with Crippen molar-refractivity contribution < 1.29 is 9.53 Å². The van der Waals surface area contributed by atoms with Gasteiger partial charge in [-0.3, -0.25) is 4.79 Å². The SMILES string of the molecule is COCC(=O)NC1CC1(C)C. The number of nitrogens with one attached hydrogen (secondary N) is 1. The molecule has 0 aliphatic heterocycles. The maximum atomic E-state index is 10.9. The van der Waals surface area contributed by atoms with Crippen LogP contribution in [0.15, 0.2) is 0 Å². The van der Waals surface area contributed by atoms with Crippen molar-refractivity contribution in [3.63, 3.8) is 0 Å². The molecular formula is C8H15NO2. The second-order valence-corrected chi connectivity index (χ2v) is 3.75. The number of rotatable bonds is 3. The van der Waals surface area contributed by atoms with Crippen LogP contribution in [0.4, 0.5) is 0 Å². The molecule has 1 amide bonds. The van der Waals surface area contributed by atoms with E-state index in [1.165, 1.54) is 7.11 Å². The summed E-state index contributed by atoms with van der Waals surface area (Å²) in [4.78, 5) is 10.9. The van der Waals surface area contributed by atoms with Gasteiger partial charge in [-0.2, -0.15) is 0 Å². The van der Waals surface area contributed by atoms with Crippen molar-refractivity contribution in [2.75, 3.05) is 13.7 Å². The molecule has 0 radical (unpaired) electrons. The molecule has 1 atom stereocenters. The zero-order valence-electron chi connectivity index (χ0n) is 7.31. The minimum atomic E-state index is -0.0110. The average molecular weight is 157 g/mol. The van der Waals surface area contributed by atoms with Crippen LogP contribution in [-0.2, 0) is 9.53 Å². The first kappa shape index (κ1) is 8.53. The molecule has 0 aromatic heterocycles. The van der Waals surface area contributed by atoms with E-state index in [0.29, 0.717) is 11.5 Å². The third-order valence-electron chi connectivity index (χ3n) is 2.12. The van der Waals surface area contributed by atoms with Gasteiger partial charge in [0.2, 0.25) is 5.91 Å². The van der Waals surface area contributed by atoms with Crippen molar-refractivity contribution in [2.24, 2.45) is 5.41 Å². The van der Waals surface area contributed by atoms with Gasteiger partial charge in [-0.1, -0.05) is 13.8 Å². The molecule has 0 aromatic carbocycles. The lowest BCUT2D eigenvalue weighted by Gasteiger charge is -2.05. The summed E-state index contributed by atoms with van der Waals surface area (Å²) in [5.74, 6) is -0.0110. The van der Waals surface area contributed by atoms with Crippen LogP contribution in [0.25, 0.3) is 0 Å². The minimum absolute atomic E-state index is 0.0110. The zero-order valence-corrected chi connectivity index (χ0v) is 7.31. The topological polar surface area (TPSA) is 38.3 Å². The fraction of sp³-hybridized carbons (Fsp3) is 0.875. The summed E-state index contributed by atoms with van der Waals surface area (Å²) in [6, 6.07) is 0.366. The van der Waals surface area contributed by atoms with Gasteiger partial charge in [-0.15, -0.1) is 0 Å². The average Bonchev–Trinajstić information content (AvgIpc) is 2.39. The maximum Gasteiger partial charge on any atom is 0.246 e. The van der Waals surface area contributed by atoms with E-state index < -0.39 is 0 Å². The van der Waals surface area contributed by atoms with E-state index in [-0.39, 0.29) is 12.5 Å². The molecule has 0 aromatic rings. The van der Waals surface area contributed by atoms with Crippen molar-refractivity contribution in [2.45, 2.75) is 26.3 Å². The Labute approximate surface area is 67.1 Å². The van der Waals surface area contributed by atoms with Gasteiger partial charge >= 0.3 is 0 Å². The number of amides is 1. The van der Waals surface area contributed by atoms with Crippen LogP contribution in [0.1, 0.15) is 20.3 Å².